The van der Waals surface area contributed by atoms with Crippen molar-refractivity contribution in [1.82, 2.24) is 0 Å². The predicted molar refractivity (Wildman–Crippen MR) is 147 cm³/mol. The monoisotopic (exact) mass is 453 g/mol. The highest BCUT2D eigenvalue weighted by atomic mass is 14.9. The molecule has 1 N–H and O–H groups in total. The lowest BCUT2D eigenvalue weighted by atomic mass is 9.58. The van der Waals surface area contributed by atoms with Gasteiger partial charge in [-0.25, -0.2) is 0 Å². The van der Waals surface area contributed by atoms with Crippen LogP contribution in [0.2, 0.25) is 0 Å². The molecule has 172 valence electrons. The Balaban J connectivity index is 1.32. The average molecular weight is 454 g/mol. The molecule has 35 heavy (non-hydrogen) atoms. The lowest BCUT2D eigenvalue weighted by molar-refractivity contribution is 0.284. The summed E-state index contributed by atoms with van der Waals surface area (Å²) < 4.78 is 0. The molecule has 3 aliphatic carbocycles. The number of fused-ring (bicyclic) bond motifs is 8. The van der Waals surface area contributed by atoms with Crippen LogP contribution in [0.4, 0.5) is 11.4 Å². The maximum Gasteiger partial charge on any atom is 0.0424 e. The van der Waals surface area contributed by atoms with Crippen molar-refractivity contribution in [3.05, 3.63) is 120 Å². The van der Waals surface area contributed by atoms with Crippen LogP contribution in [0.5, 0.6) is 0 Å². The summed E-state index contributed by atoms with van der Waals surface area (Å²) in [6.07, 6.45) is 7.78. The van der Waals surface area contributed by atoms with Gasteiger partial charge in [-0.3, -0.25) is 0 Å². The van der Waals surface area contributed by atoms with Crippen LogP contribution in [-0.4, -0.2) is 0 Å². The third kappa shape index (κ3) is 3.29. The summed E-state index contributed by atoms with van der Waals surface area (Å²) in [6.45, 7) is 2.41. The summed E-state index contributed by atoms with van der Waals surface area (Å²) in [5.74, 6) is 1.54. The van der Waals surface area contributed by atoms with Gasteiger partial charge in [-0.2, -0.15) is 0 Å². The van der Waals surface area contributed by atoms with E-state index in [2.05, 4.69) is 115 Å². The second kappa shape index (κ2) is 7.99. The molecule has 1 heteroatoms. The zero-order valence-electron chi connectivity index (χ0n) is 20.3. The van der Waals surface area contributed by atoms with Gasteiger partial charge in [-0.15, -0.1) is 0 Å². The van der Waals surface area contributed by atoms with Crippen LogP contribution in [0.15, 0.2) is 109 Å². The molecule has 0 aliphatic heterocycles. The lowest BCUT2D eigenvalue weighted by Gasteiger charge is -2.45. The lowest BCUT2D eigenvalue weighted by Crippen LogP contribution is -2.36. The van der Waals surface area contributed by atoms with Crippen LogP contribution in [0.3, 0.4) is 0 Å². The molecule has 3 aliphatic rings. The van der Waals surface area contributed by atoms with Crippen molar-refractivity contribution in [3.63, 3.8) is 0 Å². The van der Waals surface area contributed by atoms with Crippen LogP contribution >= 0.6 is 0 Å². The number of anilines is 2. The first-order valence-electron chi connectivity index (χ1n) is 13.1. The Bertz CT molecular complexity index is 1450. The number of hydrogen-bond donors (Lipinski definition) is 1. The molecule has 0 heterocycles. The molecule has 0 saturated heterocycles. The minimum Gasteiger partial charge on any atom is -0.356 e. The van der Waals surface area contributed by atoms with Crippen LogP contribution in [0, 0.1) is 11.8 Å². The first-order valence-corrected chi connectivity index (χ1v) is 13.1. The molecule has 1 fully saturated rings. The van der Waals surface area contributed by atoms with Crippen molar-refractivity contribution >= 4 is 11.4 Å². The van der Waals surface area contributed by atoms with Gasteiger partial charge in [0.25, 0.3) is 0 Å². The Morgan fingerprint density at radius 3 is 2.40 bits per heavy atom. The van der Waals surface area contributed by atoms with Crippen LogP contribution in [-0.2, 0) is 5.41 Å². The van der Waals surface area contributed by atoms with Gasteiger partial charge in [0.15, 0.2) is 0 Å². The first kappa shape index (κ1) is 20.8. The quantitative estimate of drug-likeness (QED) is 0.305. The summed E-state index contributed by atoms with van der Waals surface area (Å²) in [7, 11) is 0. The van der Waals surface area contributed by atoms with Crippen LogP contribution < -0.4 is 5.32 Å². The molecule has 4 aromatic rings. The van der Waals surface area contributed by atoms with Gasteiger partial charge in [-0.05, 0) is 95.2 Å². The Morgan fingerprint density at radius 1 is 0.714 bits per heavy atom. The fraction of sp³-hybridized carbons (Fsp3) is 0.235. The van der Waals surface area contributed by atoms with Gasteiger partial charge in [-0.1, -0.05) is 91.4 Å². The molecule has 3 atom stereocenters. The molecule has 7 rings (SSSR count). The van der Waals surface area contributed by atoms with Gasteiger partial charge >= 0.3 is 0 Å². The van der Waals surface area contributed by atoms with E-state index in [1.165, 1.54) is 64.8 Å². The standard InChI is InChI=1S/C34H31N/c1-23-18-24-16-17-34(27(19-23)20-24)32-13-6-5-12-30(32)31-15-14-29(22-33(31)34)35-28-11-7-10-26(21-28)25-8-3-2-4-9-25/h2-15,19,21-24,35H,16-18,20H2,1H3. The van der Waals surface area contributed by atoms with Gasteiger partial charge in [0.05, 0.1) is 0 Å². The van der Waals surface area contributed by atoms with Gasteiger partial charge in [0.2, 0.25) is 0 Å². The number of benzene rings is 4. The average Bonchev–Trinajstić information content (AvgIpc) is 3.17. The summed E-state index contributed by atoms with van der Waals surface area (Å²) in [4.78, 5) is 0. The molecule has 0 radical (unpaired) electrons. The van der Waals surface area contributed by atoms with E-state index in [1.54, 1.807) is 5.57 Å². The van der Waals surface area contributed by atoms with E-state index in [0.717, 1.165) is 11.6 Å². The first-order chi connectivity index (χ1) is 17.2. The molecule has 1 spiro atoms. The van der Waals surface area contributed by atoms with E-state index in [9.17, 15) is 0 Å². The molecular weight excluding hydrogens is 422 g/mol. The van der Waals surface area contributed by atoms with Crippen LogP contribution in [0.1, 0.15) is 43.7 Å². The third-order valence-corrected chi connectivity index (χ3v) is 8.59. The minimum atomic E-state index is 0.0423. The Labute approximate surface area is 208 Å². The molecule has 2 bridgehead atoms. The minimum absolute atomic E-state index is 0.0423. The number of rotatable bonds is 3. The maximum atomic E-state index is 3.74. The van der Waals surface area contributed by atoms with Crippen molar-refractivity contribution in [2.75, 3.05) is 5.32 Å². The van der Waals surface area contributed by atoms with E-state index in [-0.39, 0.29) is 5.41 Å². The largest absolute Gasteiger partial charge is 0.356 e. The highest BCUT2D eigenvalue weighted by molar-refractivity contribution is 5.85. The number of nitrogens with one attached hydrogen (secondary N) is 1. The second-order valence-electron chi connectivity index (χ2n) is 10.8. The molecule has 0 amide bonds. The highest BCUT2D eigenvalue weighted by Gasteiger charge is 2.49. The third-order valence-electron chi connectivity index (χ3n) is 8.59. The Hall–Kier alpha value is -3.58. The molecule has 0 aromatic heterocycles. The zero-order chi connectivity index (χ0) is 23.4. The smallest absolute Gasteiger partial charge is 0.0424 e. The zero-order valence-corrected chi connectivity index (χ0v) is 20.3. The Kier molecular flexibility index (Phi) is 4.74. The summed E-state index contributed by atoms with van der Waals surface area (Å²) in [6, 6.07) is 35.6. The highest BCUT2D eigenvalue weighted by Crippen LogP contribution is 2.61. The molecule has 1 nitrogen and oxygen atoms in total. The maximum absolute atomic E-state index is 3.74. The van der Waals surface area contributed by atoms with Crippen molar-refractivity contribution in [1.29, 1.82) is 0 Å². The van der Waals surface area contributed by atoms with E-state index in [4.69, 9.17) is 0 Å². The molecule has 3 unspecified atom stereocenters. The molecule has 1 saturated carbocycles. The number of hydrogen-bond acceptors (Lipinski definition) is 1. The van der Waals surface area contributed by atoms with E-state index >= 15 is 0 Å². The summed E-state index contributed by atoms with van der Waals surface area (Å²) >= 11 is 0. The fourth-order valence-electron chi connectivity index (χ4n) is 7.15. The van der Waals surface area contributed by atoms with Crippen molar-refractivity contribution in [2.45, 2.75) is 38.0 Å². The summed E-state index contributed by atoms with van der Waals surface area (Å²) in [5, 5.41) is 3.74. The molecule has 4 aromatic carbocycles. The molecular formula is C34H31N. The van der Waals surface area contributed by atoms with E-state index in [1.807, 2.05) is 0 Å². The van der Waals surface area contributed by atoms with Crippen molar-refractivity contribution < 1.29 is 0 Å². The van der Waals surface area contributed by atoms with Gasteiger partial charge < -0.3 is 5.32 Å². The van der Waals surface area contributed by atoms with Crippen molar-refractivity contribution in [3.8, 4) is 22.3 Å². The van der Waals surface area contributed by atoms with E-state index < -0.39 is 0 Å². The predicted octanol–water partition coefficient (Wildman–Crippen LogP) is 9.13. The van der Waals surface area contributed by atoms with Crippen molar-refractivity contribution in [2.24, 2.45) is 11.8 Å². The second-order valence-corrected chi connectivity index (χ2v) is 10.8. The normalized spacial score (nSPS) is 24.0. The summed E-state index contributed by atoms with van der Waals surface area (Å²) in [5.41, 5.74) is 12.4. The van der Waals surface area contributed by atoms with Gasteiger partial charge in [0, 0.05) is 16.8 Å². The number of allylic oxidation sites excluding steroid dienone is 2. The van der Waals surface area contributed by atoms with Crippen LogP contribution in [0.25, 0.3) is 22.3 Å². The Morgan fingerprint density at radius 2 is 1.49 bits per heavy atom. The van der Waals surface area contributed by atoms with Gasteiger partial charge in [0.1, 0.15) is 0 Å². The van der Waals surface area contributed by atoms with E-state index in [0.29, 0.717) is 5.92 Å². The fourth-order valence-corrected chi connectivity index (χ4v) is 7.15. The SMILES string of the molecule is CC1C=C2CC(CCC23c2ccccc2-c2ccc(Nc4cccc(-c5ccccc5)c4)cc23)C1. The topological polar surface area (TPSA) is 12.0 Å².